The fourth-order valence-electron chi connectivity index (χ4n) is 2.10. The molecule has 0 bridgehead atoms. The summed E-state index contributed by atoms with van der Waals surface area (Å²) < 4.78 is 30.2. The minimum Gasteiger partial charge on any atom is -0.465 e. The molecule has 0 aliphatic heterocycles. The molecule has 128 valence electrons. The number of ether oxygens (including phenoxy) is 1. The highest BCUT2D eigenvalue weighted by atomic mass is 32.2. The smallest absolute Gasteiger partial charge is 0.337 e. The molecule has 0 saturated carbocycles. The molecule has 0 unspecified atom stereocenters. The van der Waals surface area contributed by atoms with E-state index in [0.29, 0.717) is 12.1 Å². The van der Waals surface area contributed by atoms with Crippen molar-refractivity contribution in [3.63, 3.8) is 0 Å². The van der Waals surface area contributed by atoms with Crippen LogP contribution in [0.15, 0.2) is 53.4 Å². The molecule has 0 heterocycles. The van der Waals surface area contributed by atoms with Crippen molar-refractivity contribution in [2.45, 2.75) is 11.4 Å². The van der Waals surface area contributed by atoms with Gasteiger partial charge in [-0.2, -0.15) is 0 Å². The molecule has 0 aromatic heterocycles. The lowest BCUT2D eigenvalue weighted by molar-refractivity contribution is 0.0601. The molecule has 0 radical (unpaired) electrons. The van der Waals surface area contributed by atoms with Gasteiger partial charge in [-0.3, -0.25) is 0 Å². The molecule has 2 rings (SSSR count). The van der Waals surface area contributed by atoms with Crippen LogP contribution in [0.3, 0.4) is 0 Å². The van der Waals surface area contributed by atoms with Crippen molar-refractivity contribution in [3.8, 4) is 0 Å². The molecule has 0 atom stereocenters. The summed E-state index contributed by atoms with van der Waals surface area (Å²) in [6.45, 7) is 0.432. The molecule has 6 nitrogen and oxygen atoms in total. The first kappa shape index (κ1) is 18.0. The van der Waals surface area contributed by atoms with Gasteiger partial charge >= 0.3 is 5.97 Å². The Morgan fingerprint density at radius 1 is 1.12 bits per heavy atom. The number of hydrogen-bond donors (Lipinski definition) is 1. The molecule has 0 saturated heterocycles. The molecule has 1 N–H and O–H groups in total. The Morgan fingerprint density at radius 2 is 1.83 bits per heavy atom. The number of anilines is 1. The Labute approximate surface area is 142 Å². The minimum atomic E-state index is -3.46. The number of benzene rings is 2. The standard InChI is InChI=1S/C17H20N2O4S/c1-19(2)24(21,22)16-9-4-6-13(10-16)12-18-15-8-5-7-14(11-15)17(20)23-3/h4-11,18H,12H2,1-3H3. The van der Waals surface area contributed by atoms with Gasteiger partial charge in [0.05, 0.1) is 17.6 Å². The summed E-state index contributed by atoms with van der Waals surface area (Å²) in [6.07, 6.45) is 0. The molecular weight excluding hydrogens is 328 g/mol. The third-order valence-electron chi connectivity index (χ3n) is 3.46. The van der Waals surface area contributed by atoms with E-state index < -0.39 is 16.0 Å². The molecular formula is C17H20N2O4S. The van der Waals surface area contributed by atoms with Crippen LogP contribution in [0.2, 0.25) is 0 Å². The van der Waals surface area contributed by atoms with Crippen molar-refractivity contribution in [1.29, 1.82) is 0 Å². The summed E-state index contributed by atoms with van der Waals surface area (Å²) in [6, 6.07) is 13.7. The number of carbonyl (C=O) groups is 1. The van der Waals surface area contributed by atoms with E-state index in [0.717, 1.165) is 11.3 Å². The van der Waals surface area contributed by atoms with Crippen molar-refractivity contribution in [3.05, 3.63) is 59.7 Å². The van der Waals surface area contributed by atoms with Gasteiger partial charge in [-0.05, 0) is 35.9 Å². The Morgan fingerprint density at radius 3 is 2.50 bits per heavy atom. The van der Waals surface area contributed by atoms with Crippen LogP contribution < -0.4 is 5.32 Å². The van der Waals surface area contributed by atoms with Crippen molar-refractivity contribution in [2.75, 3.05) is 26.5 Å². The summed E-state index contributed by atoms with van der Waals surface area (Å²) >= 11 is 0. The Balaban J connectivity index is 2.15. The van der Waals surface area contributed by atoms with Crippen LogP contribution in [0.1, 0.15) is 15.9 Å². The van der Waals surface area contributed by atoms with Gasteiger partial charge in [0.2, 0.25) is 10.0 Å². The van der Waals surface area contributed by atoms with Crippen LogP contribution in [0.5, 0.6) is 0 Å². The predicted molar refractivity (Wildman–Crippen MR) is 92.4 cm³/mol. The molecule has 2 aromatic carbocycles. The summed E-state index contributed by atoms with van der Waals surface area (Å²) in [4.78, 5) is 11.8. The largest absolute Gasteiger partial charge is 0.465 e. The molecule has 0 fully saturated rings. The molecule has 0 aliphatic carbocycles. The lowest BCUT2D eigenvalue weighted by Gasteiger charge is -2.13. The molecule has 7 heteroatoms. The number of nitrogens with zero attached hydrogens (tertiary/aromatic N) is 1. The van der Waals surface area contributed by atoms with E-state index in [4.69, 9.17) is 4.74 Å². The van der Waals surface area contributed by atoms with Crippen molar-refractivity contribution >= 4 is 21.7 Å². The van der Waals surface area contributed by atoms with Crippen LogP contribution in [0, 0.1) is 0 Å². The maximum atomic E-state index is 12.2. The van der Waals surface area contributed by atoms with Gasteiger partial charge in [-0.25, -0.2) is 17.5 Å². The minimum absolute atomic E-state index is 0.245. The number of methoxy groups -OCH3 is 1. The first-order valence-electron chi connectivity index (χ1n) is 7.28. The van der Waals surface area contributed by atoms with Gasteiger partial charge in [-0.1, -0.05) is 18.2 Å². The monoisotopic (exact) mass is 348 g/mol. The van der Waals surface area contributed by atoms with E-state index in [1.54, 1.807) is 36.4 Å². The molecule has 0 amide bonds. The summed E-state index contributed by atoms with van der Waals surface area (Å²) in [7, 11) is 0.870. The second-order valence-electron chi connectivity index (χ2n) is 5.36. The van der Waals surface area contributed by atoms with Gasteiger partial charge in [0.15, 0.2) is 0 Å². The highest BCUT2D eigenvalue weighted by Gasteiger charge is 2.17. The van der Waals surface area contributed by atoms with E-state index in [9.17, 15) is 13.2 Å². The third-order valence-corrected chi connectivity index (χ3v) is 5.27. The van der Waals surface area contributed by atoms with Crippen LogP contribution >= 0.6 is 0 Å². The van der Waals surface area contributed by atoms with Gasteiger partial charge in [0, 0.05) is 26.3 Å². The quantitative estimate of drug-likeness (QED) is 0.811. The second kappa shape index (κ2) is 7.46. The average molecular weight is 348 g/mol. The zero-order chi connectivity index (χ0) is 17.7. The average Bonchev–Trinajstić information content (AvgIpc) is 2.59. The zero-order valence-corrected chi connectivity index (χ0v) is 14.6. The van der Waals surface area contributed by atoms with Gasteiger partial charge in [0.1, 0.15) is 0 Å². The molecule has 0 aliphatic rings. The Bertz CT molecular complexity index is 832. The van der Waals surface area contributed by atoms with Crippen molar-refractivity contribution < 1.29 is 17.9 Å². The first-order chi connectivity index (χ1) is 11.3. The van der Waals surface area contributed by atoms with Gasteiger partial charge in [0.25, 0.3) is 0 Å². The Hall–Kier alpha value is -2.38. The van der Waals surface area contributed by atoms with E-state index >= 15 is 0 Å². The number of hydrogen-bond acceptors (Lipinski definition) is 5. The van der Waals surface area contributed by atoms with Crippen molar-refractivity contribution in [2.24, 2.45) is 0 Å². The number of carbonyl (C=O) groups excluding carboxylic acids is 1. The maximum absolute atomic E-state index is 12.2. The van der Waals surface area contributed by atoms with Crippen LogP contribution in [-0.4, -0.2) is 39.9 Å². The van der Waals surface area contributed by atoms with E-state index in [-0.39, 0.29) is 4.90 Å². The van der Waals surface area contributed by atoms with Crippen molar-refractivity contribution in [1.82, 2.24) is 4.31 Å². The van der Waals surface area contributed by atoms with E-state index in [1.165, 1.54) is 25.5 Å². The fourth-order valence-corrected chi connectivity index (χ4v) is 3.08. The molecule has 24 heavy (non-hydrogen) atoms. The first-order valence-corrected chi connectivity index (χ1v) is 8.72. The lowest BCUT2D eigenvalue weighted by Crippen LogP contribution is -2.22. The van der Waals surface area contributed by atoms with Gasteiger partial charge < -0.3 is 10.1 Å². The molecule has 0 spiro atoms. The topological polar surface area (TPSA) is 75.7 Å². The van der Waals surface area contributed by atoms with Gasteiger partial charge in [-0.15, -0.1) is 0 Å². The third kappa shape index (κ3) is 4.12. The summed E-state index contributed by atoms with van der Waals surface area (Å²) in [5, 5.41) is 3.17. The SMILES string of the molecule is COC(=O)c1cccc(NCc2cccc(S(=O)(=O)N(C)C)c2)c1. The van der Waals surface area contributed by atoms with Crippen LogP contribution in [-0.2, 0) is 21.3 Å². The second-order valence-corrected chi connectivity index (χ2v) is 7.51. The summed E-state index contributed by atoms with van der Waals surface area (Å²) in [5.41, 5.74) is 2.02. The highest BCUT2D eigenvalue weighted by Crippen LogP contribution is 2.17. The molecule has 2 aromatic rings. The van der Waals surface area contributed by atoms with Crippen LogP contribution in [0.4, 0.5) is 5.69 Å². The number of sulfonamides is 1. The zero-order valence-electron chi connectivity index (χ0n) is 13.8. The number of esters is 1. The lowest BCUT2D eigenvalue weighted by atomic mass is 10.2. The normalized spacial score (nSPS) is 11.3. The number of rotatable bonds is 6. The van der Waals surface area contributed by atoms with Crippen LogP contribution in [0.25, 0.3) is 0 Å². The maximum Gasteiger partial charge on any atom is 0.337 e. The van der Waals surface area contributed by atoms with E-state index in [2.05, 4.69) is 5.32 Å². The number of nitrogens with one attached hydrogen (secondary N) is 1. The summed E-state index contributed by atoms with van der Waals surface area (Å²) in [5.74, 6) is -0.405. The predicted octanol–water partition coefficient (Wildman–Crippen LogP) is 2.34. The highest BCUT2D eigenvalue weighted by molar-refractivity contribution is 7.89. The van der Waals surface area contributed by atoms with E-state index in [1.807, 2.05) is 12.1 Å². The fraction of sp³-hybridized carbons (Fsp3) is 0.235. The Kier molecular flexibility index (Phi) is 5.58.